The van der Waals surface area contributed by atoms with Crippen LogP contribution in [0.25, 0.3) is 10.3 Å². The predicted octanol–water partition coefficient (Wildman–Crippen LogP) is 1.88. The number of esters is 1. The second-order valence-corrected chi connectivity index (χ2v) is 7.62. The molecule has 1 saturated heterocycles. The highest BCUT2D eigenvalue weighted by atomic mass is 32.1. The van der Waals surface area contributed by atoms with Crippen LogP contribution in [-0.2, 0) is 16.1 Å². The quantitative estimate of drug-likeness (QED) is 0.637. The maximum Gasteiger partial charge on any atom is 0.337 e. The number of fused-ring (bicyclic) bond motifs is 1. The van der Waals surface area contributed by atoms with Crippen LogP contribution in [0.5, 0.6) is 0 Å². The SMILES string of the molecule is COC(=O)c1ccc(NC(=O)Cn2cnc3nc(N4CCCC4)sc3c2=O)cc1. The van der Waals surface area contributed by atoms with Gasteiger partial charge in [0.05, 0.1) is 12.7 Å². The predicted molar refractivity (Wildman–Crippen MR) is 110 cm³/mol. The van der Waals surface area contributed by atoms with Gasteiger partial charge in [-0.15, -0.1) is 0 Å². The van der Waals surface area contributed by atoms with Crippen molar-refractivity contribution in [1.82, 2.24) is 14.5 Å². The van der Waals surface area contributed by atoms with Crippen LogP contribution in [-0.4, -0.2) is 46.6 Å². The average Bonchev–Trinajstić information content (AvgIpc) is 3.40. The Kier molecular flexibility index (Phi) is 5.26. The number of nitrogens with zero attached hydrogens (tertiary/aromatic N) is 4. The molecule has 1 aliphatic rings. The largest absolute Gasteiger partial charge is 0.465 e. The third-order valence-corrected chi connectivity index (χ3v) is 5.75. The fourth-order valence-corrected chi connectivity index (χ4v) is 4.17. The first-order chi connectivity index (χ1) is 14.0. The Morgan fingerprint density at radius 3 is 2.62 bits per heavy atom. The van der Waals surface area contributed by atoms with Crippen LogP contribution in [0, 0.1) is 0 Å². The fraction of sp³-hybridized carbons (Fsp3) is 0.316. The summed E-state index contributed by atoms with van der Waals surface area (Å²) >= 11 is 1.32. The van der Waals surface area contributed by atoms with E-state index in [1.165, 1.54) is 29.3 Å². The molecule has 10 heteroatoms. The number of thiazole rings is 1. The lowest BCUT2D eigenvalue weighted by atomic mass is 10.2. The van der Waals surface area contributed by atoms with Crippen molar-refractivity contribution in [3.05, 3.63) is 46.5 Å². The summed E-state index contributed by atoms with van der Waals surface area (Å²) in [6.45, 7) is 1.70. The third-order valence-electron chi connectivity index (χ3n) is 4.65. The van der Waals surface area contributed by atoms with Gasteiger partial charge < -0.3 is 15.0 Å². The van der Waals surface area contributed by atoms with Crippen LogP contribution in [0.15, 0.2) is 35.4 Å². The lowest BCUT2D eigenvalue weighted by Gasteiger charge is -2.11. The highest BCUT2D eigenvalue weighted by molar-refractivity contribution is 7.22. The van der Waals surface area contributed by atoms with Gasteiger partial charge in [-0.3, -0.25) is 14.2 Å². The molecule has 4 rings (SSSR count). The molecule has 0 radical (unpaired) electrons. The number of hydrogen-bond acceptors (Lipinski definition) is 8. The number of rotatable bonds is 5. The standard InChI is InChI=1S/C19H19N5O4S/c1-28-18(27)12-4-6-13(7-5-12)21-14(25)10-24-11-20-16-15(17(24)26)29-19(22-16)23-8-2-3-9-23/h4-7,11H,2-3,8-10H2,1H3,(H,21,25). The van der Waals surface area contributed by atoms with Crippen molar-refractivity contribution in [1.29, 1.82) is 0 Å². The van der Waals surface area contributed by atoms with Crippen LogP contribution in [0.4, 0.5) is 10.8 Å². The van der Waals surface area contributed by atoms with Crippen LogP contribution in [0.3, 0.4) is 0 Å². The average molecular weight is 413 g/mol. The zero-order chi connectivity index (χ0) is 20.4. The smallest absolute Gasteiger partial charge is 0.337 e. The van der Waals surface area contributed by atoms with Crippen LogP contribution in [0.2, 0.25) is 0 Å². The van der Waals surface area contributed by atoms with E-state index in [-0.39, 0.29) is 18.0 Å². The molecule has 1 fully saturated rings. The molecule has 3 heterocycles. The van der Waals surface area contributed by atoms with Crippen molar-refractivity contribution in [3.8, 4) is 0 Å². The maximum atomic E-state index is 12.7. The van der Waals surface area contributed by atoms with Crippen molar-refractivity contribution < 1.29 is 14.3 Å². The number of benzene rings is 1. The van der Waals surface area contributed by atoms with E-state index in [4.69, 9.17) is 0 Å². The number of nitrogens with one attached hydrogen (secondary N) is 1. The number of carbonyl (C=O) groups excluding carboxylic acids is 2. The number of anilines is 2. The molecule has 1 aromatic carbocycles. The highest BCUT2D eigenvalue weighted by Crippen LogP contribution is 2.27. The Labute approximate surface area is 170 Å². The number of methoxy groups -OCH3 is 1. The lowest BCUT2D eigenvalue weighted by Crippen LogP contribution is -2.27. The first-order valence-electron chi connectivity index (χ1n) is 9.14. The number of carbonyl (C=O) groups is 2. The summed E-state index contributed by atoms with van der Waals surface area (Å²) < 4.78 is 6.36. The van der Waals surface area contributed by atoms with Gasteiger partial charge in [0.25, 0.3) is 5.56 Å². The molecule has 1 amide bonds. The minimum Gasteiger partial charge on any atom is -0.465 e. The molecule has 0 spiro atoms. The molecule has 0 atom stereocenters. The maximum absolute atomic E-state index is 12.7. The normalized spacial score (nSPS) is 13.6. The van der Waals surface area contributed by atoms with Crippen molar-refractivity contribution in [3.63, 3.8) is 0 Å². The number of amides is 1. The molecule has 3 aromatic rings. The Hall–Kier alpha value is -3.27. The molecule has 0 unspecified atom stereocenters. The van der Waals surface area contributed by atoms with Gasteiger partial charge in [-0.2, -0.15) is 4.98 Å². The van der Waals surface area contributed by atoms with Gasteiger partial charge in [0.2, 0.25) is 5.91 Å². The highest BCUT2D eigenvalue weighted by Gasteiger charge is 2.19. The number of aromatic nitrogens is 3. The molecule has 1 aliphatic heterocycles. The second-order valence-electron chi connectivity index (χ2n) is 6.64. The first kappa shape index (κ1) is 19.1. The van der Waals surface area contributed by atoms with E-state index in [2.05, 4.69) is 24.9 Å². The molecule has 2 aromatic heterocycles. The van der Waals surface area contributed by atoms with Crippen molar-refractivity contribution in [2.24, 2.45) is 0 Å². The minimum atomic E-state index is -0.452. The summed E-state index contributed by atoms with van der Waals surface area (Å²) in [5, 5.41) is 3.50. The molecule has 150 valence electrons. The Bertz CT molecular complexity index is 1120. The van der Waals surface area contributed by atoms with Gasteiger partial charge in [-0.1, -0.05) is 11.3 Å². The van der Waals surface area contributed by atoms with E-state index in [0.29, 0.717) is 21.6 Å². The molecule has 0 aliphatic carbocycles. The zero-order valence-corrected chi connectivity index (χ0v) is 16.6. The zero-order valence-electron chi connectivity index (χ0n) is 15.8. The van der Waals surface area contributed by atoms with Crippen molar-refractivity contribution in [2.45, 2.75) is 19.4 Å². The second kappa shape index (κ2) is 8.00. The summed E-state index contributed by atoms with van der Waals surface area (Å²) in [6.07, 6.45) is 3.58. The van der Waals surface area contributed by atoms with E-state index < -0.39 is 5.97 Å². The van der Waals surface area contributed by atoms with Gasteiger partial charge in [-0.25, -0.2) is 9.78 Å². The van der Waals surface area contributed by atoms with Gasteiger partial charge in [0, 0.05) is 18.8 Å². The minimum absolute atomic E-state index is 0.169. The van der Waals surface area contributed by atoms with Gasteiger partial charge >= 0.3 is 5.97 Å². The third kappa shape index (κ3) is 3.97. The van der Waals surface area contributed by atoms with Gasteiger partial charge in [0.15, 0.2) is 10.8 Å². The molecule has 0 bridgehead atoms. The molecule has 1 N–H and O–H groups in total. The number of hydrogen-bond donors (Lipinski definition) is 1. The van der Waals surface area contributed by atoms with Crippen LogP contribution >= 0.6 is 11.3 Å². The molecule has 9 nitrogen and oxygen atoms in total. The van der Waals surface area contributed by atoms with E-state index >= 15 is 0 Å². The van der Waals surface area contributed by atoms with Crippen molar-refractivity contribution in [2.75, 3.05) is 30.4 Å². The summed E-state index contributed by atoms with van der Waals surface area (Å²) in [5.74, 6) is -0.824. The van der Waals surface area contributed by atoms with Crippen LogP contribution in [0.1, 0.15) is 23.2 Å². The van der Waals surface area contributed by atoms with E-state index in [9.17, 15) is 14.4 Å². The van der Waals surface area contributed by atoms with Gasteiger partial charge in [0.1, 0.15) is 17.6 Å². The van der Waals surface area contributed by atoms with Crippen molar-refractivity contribution >= 4 is 44.4 Å². The first-order valence-corrected chi connectivity index (χ1v) is 9.96. The Morgan fingerprint density at radius 2 is 1.93 bits per heavy atom. The monoisotopic (exact) mass is 413 g/mol. The van der Waals surface area contributed by atoms with Crippen LogP contribution < -0.4 is 15.8 Å². The Balaban J connectivity index is 1.48. The van der Waals surface area contributed by atoms with Gasteiger partial charge in [-0.05, 0) is 37.1 Å². The summed E-state index contributed by atoms with van der Waals surface area (Å²) in [7, 11) is 1.30. The molecular weight excluding hydrogens is 394 g/mol. The molecular formula is C19H19N5O4S. The fourth-order valence-electron chi connectivity index (χ4n) is 3.15. The number of ether oxygens (including phenoxy) is 1. The van der Waals surface area contributed by atoms with E-state index in [1.807, 2.05) is 0 Å². The summed E-state index contributed by atoms with van der Waals surface area (Å²) in [4.78, 5) is 47.4. The molecule has 29 heavy (non-hydrogen) atoms. The topological polar surface area (TPSA) is 106 Å². The summed E-state index contributed by atoms with van der Waals surface area (Å²) in [5.41, 5.74) is 1.03. The Morgan fingerprint density at radius 1 is 1.21 bits per heavy atom. The summed E-state index contributed by atoms with van der Waals surface area (Å²) in [6, 6.07) is 6.30. The van der Waals surface area contributed by atoms with E-state index in [0.717, 1.165) is 31.1 Å². The van der Waals surface area contributed by atoms with E-state index in [1.54, 1.807) is 24.3 Å². The molecule has 0 saturated carbocycles. The lowest BCUT2D eigenvalue weighted by molar-refractivity contribution is -0.116.